The van der Waals surface area contributed by atoms with Crippen molar-refractivity contribution in [1.82, 2.24) is 0 Å². The maximum absolute atomic E-state index is 9.81. The second-order valence-corrected chi connectivity index (χ2v) is 3.88. The Balaban J connectivity index is 0. The Hall–Kier alpha value is -0.890. The molecule has 1 N–H and O–H groups in total. The molecule has 2 heteroatoms. The molecule has 0 atom stereocenters. The first-order chi connectivity index (χ1) is 7.62. The highest BCUT2D eigenvalue weighted by atomic mass is 16.2. The van der Waals surface area contributed by atoms with Gasteiger partial charge in [0.05, 0.1) is 6.61 Å². The van der Waals surface area contributed by atoms with E-state index in [9.17, 15) is 4.79 Å². The Bertz CT molecular complexity index is 215. The summed E-state index contributed by atoms with van der Waals surface area (Å²) in [6.45, 7) is 8.43. The molecule has 0 saturated carbocycles. The van der Waals surface area contributed by atoms with Crippen LogP contribution in [-0.2, 0) is 4.79 Å². The summed E-state index contributed by atoms with van der Waals surface area (Å²) in [5, 5.41) is 8.39. The normalized spacial score (nSPS) is 11.8. The second-order valence-electron chi connectivity index (χ2n) is 3.88. The van der Waals surface area contributed by atoms with Crippen molar-refractivity contribution in [3.63, 3.8) is 0 Å². The molecule has 0 aliphatic rings. The predicted octanol–water partition coefficient (Wildman–Crippen LogP) is 3.66. The summed E-state index contributed by atoms with van der Waals surface area (Å²) < 4.78 is 0. The van der Waals surface area contributed by atoms with Gasteiger partial charge in [-0.1, -0.05) is 43.9 Å². The van der Waals surface area contributed by atoms with Crippen molar-refractivity contribution in [3.05, 3.63) is 23.3 Å². The highest BCUT2D eigenvalue weighted by Crippen LogP contribution is 2.01. The topological polar surface area (TPSA) is 37.3 Å². The lowest BCUT2D eigenvalue weighted by Crippen LogP contribution is -1.78. The summed E-state index contributed by atoms with van der Waals surface area (Å²) in [5.41, 5.74) is 2.46. The summed E-state index contributed by atoms with van der Waals surface area (Å²) in [5.74, 6) is 0. The van der Waals surface area contributed by atoms with Crippen LogP contribution in [0.25, 0.3) is 0 Å². The molecular formula is C14H26O2. The van der Waals surface area contributed by atoms with E-state index >= 15 is 0 Å². The third kappa shape index (κ3) is 15.6. The molecule has 16 heavy (non-hydrogen) atoms. The number of hydrogen-bond acceptors (Lipinski definition) is 2. The first-order valence-electron chi connectivity index (χ1n) is 5.99. The maximum atomic E-state index is 9.81. The van der Waals surface area contributed by atoms with Gasteiger partial charge < -0.3 is 5.11 Å². The van der Waals surface area contributed by atoms with Crippen molar-refractivity contribution >= 4 is 6.29 Å². The zero-order valence-corrected chi connectivity index (χ0v) is 11.1. The van der Waals surface area contributed by atoms with E-state index in [2.05, 4.69) is 13.8 Å². The SMILES string of the molecule is CCCC(C)=CC=O.CCCC(C)=CCO. The summed E-state index contributed by atoms with van der Waals surface area (Å²) in [4.78, 5) is 9.81. The van der Waals surface area contributed by atoms with E-state index in [0.717, 1.165) is 25.5 Å². The molecule has 0 fully saturated rings. The summed E-state index contributed by atoms with van der Waals surface area (Å²) in [6, 6.07) is 0. The molecule has 0 unspecified atom stereocenters. The lowest BCUT2D eigenvalue weighted by atomic mass is 10.2. The van der Waals surface area contributed by atoms with E-state index in [1.807, 2.05) is 19.9 Å². The molecule has 0 rings (SSSR count). The zero-order chi connectivity index (χ0) is 12.8. The van der Waals surface area contributed by atoms with Crippen LogP contribution >= 0.6 is 0 Å². The molecular weight excluding hydrogens is 200 g/mol. The smallest absolute Gasteiger partial charge is 0.142 e. The number of carbonyl (C=O) groups is 1. The average Bonchev–Trinajstić information content (AvgIpc) is 2.20. The van der Waals surface area contributed by atoms with Gasteiger partial charge in [-0.3, -0.25) is 4.79 Å². The van der Waals surface area contributed by atoms with Gasteiger partial charge in [0.2, 0.25) is 0 Å². The van der Waals surface area contributed by atoms with Crippen molar-refractivity contribution in [3.8, 4) is 0 Å². The van der Waals surface area contributed by atoms with Crippen LogP contribution in [0.2, 0.25) is 0 Å². The Kier molecular flexibility index (Phi) is 15.4. The molecule has 0 bridgehead atoms. The monoisotopic (exact) mass is 226 g/mol. The number of rotatable bonds is 6. The van der Waals surface area contributed by atoms with Gasteiger partial charge in [-0.25, -0.2) is 0 Å². The summed E-state index contributed by atoms with van der Waals surface area (Å²) in [7, 11) is 0. The molecule has 0 aliphatic heterocycles. The number of allylic oxidation sites excluding steroid dienone is 3. The standard InChI is InChI=1S/C7H14O.C7H12O/c2*1-3-4-7(2)5-6-8/h5,8H,3-4,6H2,1-2H3;5-6H,3-4H2,1-2H3. The number of carbonyl (C=O) groups excluding carboxylic acids is 1. The van der Waals surface area contributed by atoms with Crippen LogP contribution in [-0.4, -0.2) is 18.0 Å². The maximum Gasteiger partial charge on any atom is 0.142 e. The minimum Gasteiger partial charge on any atom is -0.392 e. The second kappa shape index (κ2) is 14.1. The van der Waals surface area contributed by atoms with Gasteiger partial charge in [-0.2, -0.15) is 0 Å². The Labute approximate surface area is 100 Å². The first-order valence-corrected chi connectivity index (χ1v) is 5.99. The van der Waals surface area contributed by atoms with Crippen LogP contribution in [0.15, 0.2) is 23.3 Å². The average molecular weight is 226 g/mol. The molecule has 2 nitrogen and oxygen atoms in total. The van der Waals surface area contributed by atoms with Gasteiger partial charge in [-0.15, -0.1) is 0 Å². The zero-order valence-electron chi connectivity index (χ0n) is 11.1. The molecule has 0 aliphatic carbocycles. The molecule has 0 heterocycles. The lowest BCUT2D eigenvalue weighted by molar-refractivity contribution is -0.104. The van der Waals surface area contributed by atoms with E-state index < -0.39 is 0 Å². The van der Waals surface area contributed by atoms with Crippen molar-refractivity contribution in [1.29, 1.82) is 0 Å². The highest BCUT2D eigenvalue weighted by molar-refractivity contribution is 5.65. The van der Waals surface area contributed by atoms with Crippen LogP contribution in [0.1, 0.15) is 53.4 Å². The molecule has 0 amide bonds. The number of hydrogen-bond donors (Lipinski definition) is 1. The van der Waals surface area contributed by atoms with Crippen molar-refractivity contribution in [2.45, 2.75) is 53.4 Å². The van der Waals surface area contributed by atoms with Crippen LogP contribution in [0.3, 0.4) is 0 Å². The third-order valence-corrected chi connectivity index (χ3v) is 2.08. The van der Waals surface area contributed by atoms with Crippen LogP contribution < -0.4 is 0 Å². The van der Waals surface area contributed by atoms with Crippen LogP contribution in [0.4, 0.5) is 0 Å². The summed E-state index contributed by atoms with van der Waals surface area (Å²) >= 11 is 0. The van der Waals surface area contributed by atoms with Gasteiger partial charge in [0.25, 0.3) is 0 Å². The Morgan fingerprint density at radius 3 is 1.94 bits per heavy atom. The molecule has 0 aromatic carbocycles. The fourth-order valence-corrected chi connectivity index (χ4v) is 1.25. The molecule has 0 aromatic heterocycles. The fraction of sp³-hybridized carbons (Fsp3) is 0.643. The van der Waals surface area contributed by atoms with Gasteiger partial charge >= 0.3 is 0 Å². The minimum absolute atomic E-state index is 0.186. The molecule has 0 aromatic rings. The van der Waals surface area contributed by atoms with E-state index in [4.69, 9.17) is 5.11 Å². The largest absolute Gasteiger partial charge is 0.392 e. The molecule has 94 valence electrons. The van der Waals surface area contributed by atoms with Crippen LogP contribution in [0, 0.1) is 0 Å². The first kappa shape index (κ1) is 17.5. The molecule has 0 radical (unpaired) electrons. The van der Waals surface area contributed by atoms with Gasteiger partial charge in [0, 0.05) is 0 Å². The van der Waals surface area contributed by atoms with Gasteiger partial charge in [-0.05, 0) is 32.8 Å². The van der Waals surface area contributed by atoms with E-state index in [1.54, 1.807) is 6.08 Å². The molecule has 0 spiro atoms. The number of aliphatic hydroxyl groups is 1. The summed E-state index contributed by atoms with van der Waals surface area (Å²) in [6.07, 6.45) is 8.75. The quantitative estimate of drug-likeness (QED) is 0.426. The van der Waals surface area contributed by atoms with E-state index in [-0.39, 0.29) is 6.61 Å². The van der Waals surface area contributed by atoms with E-state index in [0.29, 0.717) is 0 Å². The van der Waals surface area contributed by atoms with Crippen molar-refractivity contribution in [2.75, 3.05) is 6.61 Å². The van der Waals surface area contributed by atoms with E-state index in [1.165, 1.54) is 17.6 Å². The lowest BCUT2D eigenvalue weighted by Gasteiger charge is -1.93. The Morgan fingerprint density at radius 2 is 1.56 bits per heavy atom. The fourth-order valence-electron chi connectivity index (χ4n) is 1.25. The Morgan fingerprint density at radius 1 is 1.06 bits per heavy atom. The predicted molar refractivity (Wildman–Crippen MR) is 70.5 cm³/mol. The van der Waals surface area contributed by atoms with Crippen LogP contribution in [0.5, 0.6) is 0 Å². The molecule has 0 saturated heterocycles. The minimum atomic E-state index is 0.186. The van der Waals surface area contributed by atoms with Crippen molar-refractivity contribution in [2.24, 2.45) is 0 Å². The van der Waals surface area contributed by atoms with Gasteiger partial charge in [0.15, 0.2) is 0 Å². The van der Waals surface area contributed by atoms with Gasteiger partial charge in [0.1, 0.15) is 6.29 Å². The van der Waals surface area contributed by atoms with Crippen molar-refractivity contribution < 1.29 is 9.90 Å². The third-order valence-electron chi connectivity index (χ3n) is 2.08. The number of aliphatic hydroxyl groups excluding tert-OH is 1. The number of aldehydes is 1. The highest BCUT2D eigenvalue weighted by Gasteiger charge is 1.83.